The van der Waals surface area contributed by atoms with Gasteiger partial charge < -0.3 is 15.0 Å². The Balaban J connectivity index is 1.62. The maximum Gasteiger partial charge on any atom is 0.416 e. The zero-order chi connectivity index (χ0) is 24.6. The maximum absolute atomic E-state index is 13.9. The van der Waals surface area contributed by atoms with E-state index in [0.717, 1.165) is 23.3 Å². The third-order valence-electron chi connectivity index (χ3n) is 6.14. The number of alkyl halides is 3. The largest absolute Gasteiger partial charge is 0.441 e. The molecule has 0 radical (unpaired) electrons. The predicted octanol–water partition coefficient (Wildman–Crippen LogP) is 4.73. The van der Waals surface area contributed by atoms with Crippen molar-refractivity contribution in [3.63, 3.8) is 0 Å². The molecule has 0 spiro atoms. The number of halogens is 3. The summed E-state index contributed by atoms with van der Waals surface area (Å²) in [5.74, 6) is 0.525. The molecule has 2 N–H and O–H groups in total. The first kappa shape index (κ1) is 23.1. The van der Waals surface area contributed by atoms with E-state index in [0.29, 0.717) is 43.7 Å². The number of hydrogen-bond donors (Lipinski definition) is 2. The van der Waals surface area contributed by atoms with Gasteiger partial charge in [0.15, 0.2) is 0 Å². The van der Waals surface area contributed by atoms with Gasteiger partial charge in [0.1, 0.15) is 17.7 Å². The first-order valence-electron chi connectivity index (χ1n) is 11.4. The van der Waals surface area contributed by atoms with Crippen LogP contribution in [0.4, 0.5) is 29.6 Å². The van der Waals surface area contributed by atoms with E-state index in [1.807, 2.05) is 36.1 Å². The smallest absolute Gasteiger partial charge is 0.416 e. The molecule has 3 aromatic rings. The van der Waals surface area contributed by atoms with Crippen molar-refractivity contribution >= 4 is 17.7 Å². The molecule has 1 fully saturated rings. The Kier molecular flexibility index (Phi) is 6.06. The summed E-state index contributed by atoms with van der Waals surface area (Å²) in [7, 11) is 0. The van der Waals surface area contributed by atoms with Crippen LogP contribution < -0.4 is 15.5 Å². The van der Waals surface area contributed by atoms with Crippen molar-refractivity contribution in [2.75, 3.05) is 36.4 Å². The Labute approximate surface area is 200 Å². The predicted molar refractivity (Wildman–Crippen MR) is 125 cm³/mol. The number of aromatic nitrogens is 2. The summed E-state index contributed by atoms with van der Waals surface area (Å²) in [5, 5.41) is 5.78. The van der Waals surface area contributed by atoms with Gasteiger partial charge in [-0.25, -0.2) is 14.8 Å². The number of aryl methyl sites for hydroxylation is 1. The van der Waals surface area contributed by atoms with Crippen LogP contribution in [-0.4, -0.2) is 42.2 Å². The lowest BCUT2D eigenvalue weighted by Gasteiger charge is -2.30. The van der Waals surface area contributed by atoms with Crippen LogP contribution >= 0.6 is 0 Å². The van der Waals surface area contributed by atoms with Crippen LogP contribution in [-0.2, 0) is 17.3 Å². The normalized spacial score (nSPS) is 18.0. The fraction of sp³-hybridized carbons (Fsp3) is 0.320. The van der Waals surface area contributed by atoms with Crippen molar-refractivity contribution in [2.24, 2.45) is 0 Å². The Morgan fingerprint density at radius 2 is 1.94 bits per heavy atom. The van der Waals surface area contributed by atoms with E-state index < -0.39 is 23.9 Å². The van der Waals surface area contributed by atoms with E-state index >= 15 is 0 Å². The van der Waals surface area contributed by atoms with E-state index in [1.54, 1.807) is 6.07 Å². The molecule has 182 valence electrons. The number of nitrogens with one attached hydrogen (secondary N) is 2. The molecule has 35 heavy (non-hydrogen) atoms. The molecule has 1 amide bonds. The lowest BCUT2D eigenvalue weighted by Crippen LogP contribution is -2.44. The maximum atomic E-state index is 13.9. The monoisotopic (exact) mass is 483 g/mol. The van der Waals surface area contributed by atoms with Crippen LogP contribution in [0.3, 0.4) is 0 Å². The van der Waals surface area contributed by atoms with E-state index in [-0.39, 0.29) is 17.3 Å². The van der Waals surface area contributed by atoms with Crippen molar-refractivity contribution in [1.29, 1.82) is 0 Å². The number of benzene rings is 1. The van der Waals surface area contributed by atoms with E-state index in [2.05, 4.69) is 20.6 Å². The van der Waals surface area contributed by atoms with Crippen LogP contribution in [0.25, 0.3) is 11.3 Å². The number of ether oxygens (including phenoxy) is 1. The lowest BCUT2D eigenvalue weighted by molar-refractivity contribution is -0.137. The fourth-order valence-corrected chi connectivity index (χ4v) is 4.51. The fourth-order valence-electron chi connectivity index (χ4n) is 4.51. The first-order valence-corrected chi connectivity index (χ1v) is 11.4. The molecule has 10 heteroatoms. The van der Waals surface area contributed by atoms with Gasteiger partial charge in [-0.1, -0.05) is 29.8 Å². The van der Waals surface area contributed by atoms with Gasteiger partial charge in [-0.2, -0.15) is 13.2 Å². The van der Waals surface area contributed by atoms with Crippen LogP contribution in [0.15, 0.2) is 48.7 Å². The van der Waals surface area contributed by atoms with Crippen LogP contribution in [0.1, 0.15) is 28.4 Å². The minimum Gasteiger partial charge on any atom is -0.441 e. The molecule has 2 aliphatic rings. The Morgan fingerprint density at radius 3 is 2.69 bits per heavy atom. The van der Waals surface area contributed by atoms with Gasteiger partial charge >= 0.3 is 12.3 Å². The number of hydrogen-bond acceptors (Lipinski definition) is 6. The summed E-state index contributed by atoms with van der Waals surface area (Å²) in [6, 6.07) is 11.5. The van der Waals surface area contributed by atoms with E-state index in [9.17, 15) is 18.0 Å². The van der Waals surface area contributed by atoms with Crippen molar-refractivity contribution < 1.29 is 22.7 Å². The number of pyridine rings is 2. The Bertz CT molecular complexity index is 1260. The summed E-state index contributed by atoms with van der Waals surface area (Å²) in [6.07, 6.45) is -4.12. The Hall–Kier alpha value is -3.66. The molecular weight excluding hydrogens is 459 g/mol. The van der Waals surface area contributed by atoms with Crippen molar-refractivity contribution in [1.82, 2.24) is 15.3 Å². The van der Waals surface area contributed by atoms with Crippen molar-refractivity contribution in [2.45, 2.75) is 25.6 Å². The number of rotatable bonds is 4. The lowest BCUT2D eigenvalue weighted by atomic mass is 9.94. The van der Waals surface area contributed by atoms with Gasteiger partial charge in [-0.3, -0.25) is 5.32 Å². The standard InChI is InChI=1S/C25H24F3N5O2/c1-15-3-2-4-16(11-15)12-20-22-18(5-6-30-23(22)32-24(34)35-20)19-13-17(25(26,27)28)14-21(31-19)33-9-7-29-8-10-33/h2-6,11,13-14,20,29H,7-10,12H2,1H3,(H,30,32,34). The number of anilines is 2. The summed E-state index contributed by atoms with van der Waals surface area (Å²) >= 11 is 0. The highest BCUT2D eigenvalue weighted by molar-refractivity contribution is 5.89. The average molecular weight is 483 g/mol. The number of carbonyl (C=O) groups excluding carboxylic acids is 1. The number of amides is 1. The molecule has 2 aliphatic heterocycles. The zero-order valence-corrected chi connectivity index (χ0v) is 19.0. The topological polar surface area (TPSA) is 79.4 Å². The second-order valence-electron chi connectivity index (χ2n) is 8.67. The molecule has 1 atom stereocenters. The highest BCUT2D eigenvalue weighted by Crippen LogP contribution is 2.41. The molecule has 1 saturated heterocycles. The van der Waals surface area contributed by atoms with Crippen molar-refractivity contribution in [3.05, 3.63) is 70.9 Å². The molecule has 7 nitrogen and oxygen atoms in total. The van der Waals surface area contributed by atoms with Gasteiger partial charge in [0.2, 0.25) is 0 Å². The third-order valence-corrected chi connectivity index (χ3v) is 6.14. The number of fused-ring (bicyclic) bond motifs is 1. The molecule has 0 aliphatic carbocycles. The zero-order valence-electron chi connectivity index (χ0n) is 19.0. The third kappa shape index (κ3) is 4.93. The number of carbonyl (C=O) groups is 1. The molecule has 0 saturated carbocycles. The summed E-state index contributed by atoms with van der Waals surface area (Å²) < 4.78 is 47.2. The summed E-state index contributed by atoms with van der Waals surface area (Å²) in [5.41, 5.74) is 2.30. The molecule has 0 bridgehead atoms. The molecule has 1 unspecified atom stereocenters. The van der Waals surface area contributed by atoms with Crippen LogP contribution in [0, 0.1) is 6.92 Å². The second-order valence-corrected chi connectivity index (χ2v) is 8.67. The summed E-state index contributed by atoms with van der Waals surface area (Å²) in [6.45, 7) is 4.39. The van der Waals surface area contributed by atoms with Gasteiger partial charge in [0, 0.05) is 49.9 Å². The minimum atomic E-state index is -4.54. The molecule has 1 aromatic carbocycles. The molecule has 4 heterocycles. The average Bonchev–Trinajstić information content (AvgIpc) is 2.83. The quantitative estimate of drug-likeness (QED) is 0.559. The van der Waals surface area contributed by atoms with Gasteiger partial charge in [0.05, 0.1) is 11.3 Å². The van der Waals surface area contributed by atoms with Crippen molar-refractivity contribution in [3.8, 4) is 11.3 Å². The van der Waals surface area contributed by atoms with Crippen LogP contribution in [0.5, 0.6) is 0 Å². The van der Waals surface area contributed by atoms with Gasteiger partial charge in [0.25, 0.3) is 0 Å². The molecular formula is C25H24F3N5O2. The van der Waals surface area contributed by atoms with Crippen LogP contribution in [0.2, 0.25) is 0 Å². The van der Waals surface area contributed by atoms with E-state index in [1.165, 1.54) is 6.20 Å². The van der Waals surface area contributed by atoms with Gasteiger partial charge in [-0.05, 0) is 30.7 Å². The van der Waals surface area contributed by atoms with Gasteiger partial charge in [-0.15, -0.1) is 0 Å². The first-order chi connectivity index (χ1) is 16.8. The number of piperazine rings is 1. The SMILES string of the molecule is Cc1cccc(CC2OC(=O)Nc3nccc(-c4cc(C(F)(F)F)cc(N5CCNCC5)n4)c32)c1. The molecule has 5 rings (SSSR count). The number of cyclic esters (lactones) is 1. The minimum absolute atomic E-state index is 0.154. The summed E-state index contributed by atoms with van der Waals surface area (Å²) in [4.78, 5) is 23.0. The number of nitrogens with zero attached hydrogens (tertiary/aromatic N) is 3. The van der Waals surface area contributed by atoms with E-state index in [4.69, 9.17) is 4.74 Å². The highest BCUT2D eigenvalue weighted by Gasteiger charge is 2.35. The highest BCUT2D eigenvalue weighted by atomic mass is 19.4. The molecule has 2 aromatic heterocycles. The second kappa shape index (κ2) is 9.18. The Morgan fingerprint density at radius 1 is 1.14 bits per heavy atom.